The Kier molecular flexibility index (Phi) is 5.39. The molecule has 3 atom stereocenters. The lowest BCUT2D eigenvalue weighted by molar-refractivity contribution is -0.147. The Bertz CT molecular complexity index is 758. The molecule has 0 amide bonds. The zero-order valence-electron chi connectivity index (χ0n) is 16.4. The van der Waals surface area contributed by atoms with E-state index in [1.165, 1.54) is 5.56 Å². The van der Waals surface area contributed by atoms with E-state index in [2.05, 4.69) is 11.5 Å². The van der Waals surface area contributed by atoms with Crippen molar-refractivity contribution in [3.8, 4) is 6.19 Å². The number of amidine groups is 1. The van der Waals surface area contributed by atoms with Gasteiger partial charge in [0.1, 0.15) is 5.84 Å². The highest BCUT2D eigenvalue weighted by Crippen LogP contribution is 2.56. The number of nitrogens with one attached hydrogen (secondary N) is 2. The first-order chi connectivity index (χ1) is 13.4. The van der Waals surface area contributed by atoms with Crippen molar-refractivity contribution in [1.29, 1.82) is 10.7 Å². The van der Waals surface area contributed by atoms with Gasteiger partial charge in [0.25, 0.3) is 0 Å². The monoisotopic (exact) mass is 400 g/mol. The van der Waals surface area contributed by atoms with Crippen molar-refractivity contribution < 1.29 is 5.11 Å². The first kappa shape index (κ1) is 19.7. The van der Waals surface area contributed by atoms with Crippen molar-refractivity contribution in [2.24, 2.45) is 17.8 Å². The van der Waals surface area contributed by atoms with E-state index in [1.54, 1.807) is 4.90 Å². The summed E-state index contributed by atoms with van der Waals surface area (Å²) in [4.78, 5) is 1.65. The van der Waals surface area contributed by atoms with Crippen molar-refractivity contribution in [2.45, 2.75) is 63.1 Å². The van der Waals surface area contributed by atoms with Crippen molar-refractivity contribution in [2.75, 3.05) is 6.54 Å². The number of rotatable bonds is 6. The van der Waals surface area contributed by atoms with E-state index in [9.17, 15) is 10.4 Å². The van der Waals surface area contributed by atoms with Gasteiger partial charge in [-0.25, -0.2) is 0 Å². The highest BCUT2D eigenvalue weighted by Gasteiger charge is 2.56. The molecule has 1 aromatic carbocycles. The third-order valence-corrected chi connectivity index (χ3v) is 7.30. The number of nitriles is 1. The van der Waals surface area contributed by atoms with Crippen molar-refractivity contribution in [3.05, 3.63) is 34.9 Å². The summed E-state index contributed by atoms with van der Waals surface area (Å²) in [5.74, 6) is 1.61. The maximum atomic E-state index is 10.8. The van der Waals surface area contributed by atoms with Gasteiger partial charge < -0.3 is 10.4 Å². The predicted molar refractivity (Wildman–Crippen MR) is 110 cm³/mol. The van der Waals surface area contributed by atoms with Crippen LogP contribution >= 0.6 is 11.6 Å². The lowest BCUT2D eigenvalue weighted by atomic mass is 9.52. The molecule has 0 aromatic heterocycles. The summed E-state index contributed by atoms with van der Waals surface area (Å²) in [6.07, 6.45) is 7.85. The Hall–Kier alpha value is -1.61. The van der Waals surface area contributed by atoms with Gasteiger partial charge in [-0.3, -0.25) is 10.3 Å². The molecule has 0 spiro atoms. The second-order valence-corrected chi connectivity index (χ2v) is 9.53. The molecule has 150 valence electrons. The molecule has 4 bridgehead atoms. The topological polar surface area (TPSA) is 83.1 Å². The first-order valence-corrected chi connectivity index (χ1v) is 10.7. The van der Waals surface area contributed by atoms with Crippen LogP contribution in [-0.4, -0.2) is 40.1 Å². The third kappa shape index (κ3) is 3.78. The van der Waals surface area contributed by atoms with Crippen LogP contribution in [0, 0.1) is 34.6 Å². The Morgan fingerprint density at radius 1 is 1.32 bits per heavy atom. The normalized spacial score (nSPS) is 34.1. The molecule has 0 heterocycles. The Morgan fingerprint density at radius 3 is 2.54 bits per heavy atom. The van der Waals surface area contributed by atoms with Crippen LogP contribution < -0.4 is 5.32 Å². The second-order valence-electron chi connectivity index (χ2n) is 9.09. The lowest BCUT2D eigenvalue weighted by Crippen LogP contribution is -2.63. The zero-order valence-corrected chi connectivity index (χ0v) is 17.1. The van der Waals surface area contributed by atoms with Gasteiger partial charge in [-0.05, 0) is 87.4 Å². The van der Waals surface area contributed by atoms with E-state index in [-0.39, 0.29) is 12.1 Å². The molecule has 3 unspecified atom stereocenters. The van der Waals surface area contributed by atoms with Crippen LogP contribution in [0.25, 0.3) is 0 Å². The third-order valence-electron chi connectivity index (χ3n) is 7.04. The second kappa shape index (κ2) is 7.67. The van der Waals surface area contributed by atoms with E-state index in [0.717, 1.165) is 50.1 Å². The molecule has 0 aliphatic heterocycles. The van der Waals surface area contributed by atoms with Crippen LogP contribution in [0.3, 0.4) is 0 Å². The summed E-state index contributed by atoms with van der Waals surface area (Å²) >= 11 is 5.93. The van der Waals surface area contributed by atoms with Crippen LogP contribution in [-0.2, 0) is 6.42 Å². The van der Waals surface area contributed by atoms with Crippen LogP contribution in [0.2, 0.25) is 5.02 Å². The largest absolute Gasteiger partial charge is 0.390 e. The Morgan fingerprint density at radius 2 is 1.96 bits per heavy atom. The SMILES string of the molecule is CC(NCCc1ccc(Cl)cc1)C(=N)N(C#N)C1C2CC3CC1CC(O)(C3)C2. The highest BCUT2D eigenvalue weighted by atomic mass is 35.5. The van der Waals surface area contributed by atoms with Crippen LogP contribution in [0.5, 0.6) is 0 Å². The number of halogens is 1. The first-order valence-electron chi connectivity index (χ1n) is 10.4. The van der Waals surface area contributed by atoms with Crippen LogP contribution in [0.15, 0.2) is 24.3 Å². The number of benzene rings is 1. The molecule has 6 heteroatoms. The van der Waals surface area contributed by atoms with Crippen LogP contribution in [0.4, 0.5) is 0 Å². The lowest BCUT2D eigenvalue weighted by Gasteiger charge is -2.59. The molecule has 4 aliphatic rings. The predicted octanol–water partition coefficient (Wildman–Crippen LogP) is 3.56. The standard InChI is InChI=1S/C22H29ClN4O/c1-14(26-7-6-15-2-4-19(23)5-3-15)21(25)27(13-24)20-17-8-16-9-18(20)12-22(28,10-16)11-17/h2-5,14,16-18,20,25-26,28H,6-12H2,1H3. The molecule has 3 N–H and O–H groups in total. The number of nitrogens with zero attached hydrogens (tertiary/aromatic N) is 2. The number of hydrogen-bond acceptors (Lipinski definition) is 4. The summed E-state index contributed by atoms with van der Waals surface area (Å²) in [5, 5.41) is 33.4. The smallest absolute Gasteiger partial charge is 0.185 e. The van der Waals surface area contributed by atoms with Crippen molar-refractivity contribution in [1.82, 2.24) is 10.2 Å². The fourth-order valence-corrected chi connectivity index (χ4v) is 6.17. The molecule has 0 radical (unpaired) electrons. The van der Waals surface area contributed by atoms with Gasteiger partial charge in [-0.1, -0.05) is 23.7 Å². The van der Waals surface area contributed by atoms with Gasteiger partial charge in [0.15, 0.2) is 6.19 Å². The molecule has 0 saturated heterocycles. The van der Waals surface area contributed by atoms with Gasteiger partial charge in [0.2, 0.25) is 0 Å². The molecule has 4 saturated carbocycles. The molecule has 28 heavy (non-hydrogen) atoms. The average Bonchev–Trinajstić information content (AvgIpc) is 2.64. The summed E-state index contributed by atoms with van der Waals surface area (Å²) in [6, 6.07) is 7.70. The molecule has 4 aliphatic carbocycles. The minimum absolute atomic E-state index is 0.0786. The average molecular weight is 401 g/mol. The fraction of sp³-hybridized carbons (Fsp3) is 0.636. The van der Waals surface area contributed by atoms with Gasteiger partial charge in [-0.15, -0.1) is 0 Å². The summed E-state index contributed by atoms with van der Waals surface area (Å²) in [7, 11) is 0. The van der Waals surface area contributed by atoms with Crippen LogP contribution in [0.1, 0.15) is 44.6 Å². The van der Waals surface area contributed by atoms with Gasteiger partial charge >= 0.3 is 0 Å². The molecule has 1 aromatic rings. The minimum atomic E-state index is -0.515. The molecular weight excluding hydrogens is 372 g/mol. The molecular formula is C22H29ClN4O. The van der Waals surface area contributed by atoms with E-state index in [4.69, 9.17) is 17.0 Å². The summed E-state index contributed by atoms with van der Waals surface area (Å²) < 4.78 is 0. The highest BCUT2D eigenvalue weighted by molar-refractivity contribution is 6.30. The van der Waals surface area contributed by atoms with E-state index in [1.807, 2.05) is 31.2 Å². The van der Waals surface area contributed by atoms with Gasteiger partial charge in [0.05, 0.1) is 17.7 Å². The fourth-order valence-electron chi connectivity index (χ4n) is 6.05. The Balaban J connectivity index is 1.36. The number of aliphatic hydroxyl groups is 1. The quantitative estimate of drug-likeness (QED) is 0.295. The summed E-state index contributed by atoms with van der Waals surface area (Å²) in [6.45, 7) is 2.70. The van der Waals surface area contributed by atoms with Gasteiger partial charge in [0, 0.05) is 5.02 Å². The molecule has 5 rings (SSSR count). The minimum Gasteiger partial charge on any atom is -0.390 e. The molecule has 4 fully saturated rings. The maximum Gasteiger partial charge on any atom is 0.185 e. The van der Waals surface area contributed by atoms with E-state index in [0.29, 0.717) is 23.6 Å². The number of hydrogen-bond donors (Lipinski definition) is 3. The van der Waals surface area contributed by atoms with Crippen molar-refractivity contribution >= 4 is 17.4 Å². The van der Waals surface area contributed by atoms with Crippen molar-refractivity contribution in [3.63, 3.8) is 0 Å². The molecule has 5 nitrogen and oxygen atoms in total. The van der Waals surface area contributed by atoms with E-state index >= 15 is 0 Å². The zero-order chi connectivity index (χ0) is 19.9. The maximum absolute atomic E-state index is 10.8. The Labute approximate surface area is 172 Å². The van der Waals surface area contributed by atoms with Gasteiger partial charge in [-0.2, -0.15) is 5.26 Å². The summed E-state index contributed by atoms with van der Waals surface area (Å²) in [5.41, 5.74) is 0.681. The van der Waals surface area contributed by atoms with E-state index < -0.39 is 5.60 Å².